The number of fused-ring (bicyclic) bond motifs is 9. The van der Waals surface area contributed by atoms with Gasteiger partial charge < -0.3 is 4.57 Å². The molecule has 4 nitrogen and oxygen atoms in total. The molecule has 0 amide bonds. The van der Waals surface area contributed by atoms with E-state index in [0.717, 1.165) is 37.9 Å². The Morgan fingerprint density at radius 3 is 1.76 bits per heavy atom. The highest BCUT2D eigenvalue weighted by Gasteiger charge is 2.19. The molecular weight excluding hydrogens is 641 g/mol. The molecule has 0 saturated carbocycles. The molecule has 0 atom stereocenters. The van der Waals surface area contributed by atoms with Gasteiger partial charge in [0, 0.05) is 37.2 Å². The predicted octanol–water partition coefficient (Wildman–Crippen LogP) is 12.4. The summed E-state index contributed by atoms with van der Waals surface area (Å²) in [7, 11) is 0. The van der Waals surface area contributed by atoms with Crippen LogP contribution < -0.4 is 0 Å². The fourth-order valence-corrected chi connectivity index (χ4v) is 8.91. The minimum atomic E-state index is 0.685. The third-order valence-corrected chi connectivity index (χ3v) is 11.3. The summed E-state index contributed by atoms with van der Waals surface area (Å²) in [6.45, 7) is 0. The van der Waals surface area contributed by atoms with Crippen molar-refractivity contribution in [1.29, 1.82) is 0 Å². The third kappa shape index (κ3) is 4.25. The molecule has 4 aromatic heterocycles. The molecule has 238 valence electrons. The molecule has 0 aliphatic carbocycles. The van der Waals surface area contributed by atoms with Crippen molar-refractivity contribution < 1.29 is 0 Å². The molecule has 0 radical (unpaired) electrons. The SMILES string of the molecule is c1ccc(-c2ccc3c4ccccc4n(-c4ccccc4-c4ccc5sc6cnc(-n7c8ccccc8c8ccccc87)nc6c5c4)c3c2)cc1. The van der Waals surface area contributed by atoms with Gasteiger partial charge in [-0.1, -0.05) is 121 Å². The lowest BCUT2D eigenvalue weighted by molar-refractivity contribution is 1.01. The summed E-state index contributed by atoms with van der Waals surface area (Å²) >= 11 is 1.74. The number of thiophene rings is 1. The van der Waals surface area contributed by atoms with E-state index in [1.807, 2.05) is 6.20 Å². The first-order chi connectivity index (χ1) is 25.3. The minimum absolute atomic E-state index is 0.685. The molecule has 0 N–H and O–H groups in total. The highest BCUT2D eigenvalue weighted by atomic mass is 32.1. The lowest BCUT2D eigenvalue weighted by Crippen LogP contribution is -2.00. The Balaban J connectivity index is 1.12. The largest absolute Gasteiger partial charge is 0.309 e. The topological polar surface area (TPSA) is 35.6 Å². The van der Waals surface area contributed by atoms with Gasteiger partial charge in [-0.3, -0.25) is 4.57 Å². The van der Waals surface area contributed by atoms with E-state index in [1.165, 1.54) is 54.0 Å². The molecule has 0 bridgehead atoms. The van der Waals surface area contributed by atoms with Crippen molar-refractivity contribution in [3.63, 3.8) is 0 Å². The number of benzene rings is 7. The van der Waals surface area contributed by atoms with Crippen LogP contribution >= 0.6 is 11.3 Å². The van der Waals surface area contributed by atoms with Gasteiger partial charge in [0.05, 0.1) is 44.2 Å². The molecule has 51 heavy (non-hydrogen) atoms. The standard InChI is InChI=1S/C46H28N4S/c1-2-12-29(13-3-1)30-22-24-36-35-17-5-9-19-39(35)49(42(36)27-30)38-18-8-4-14-32(38)31-23-25-43-37(26-31)45-44(51-43)28-47-46(48-45)50-40-20-10-6-15-33(40)34-16-7-11-21-41(34)50/h1-28H. The van der Waals surface area contributed by atoms with E-state index in [1.54, 1.807) is 11.3 Å². The van der Waals surface area contributed by atoms with E-state index < -0.39 is 0 Å². The molecule has 0 spiro atoms. The maximum atomic E-state index is 5.29. The van der Waals surface area contributed by atoms with Gasteiger partial charge in [-0.25, -0.2) is 9.97 Å². The van der Waals surface area contributed by atoms with Gasteiger partial charge >= 0.3 is 0 Å². The van der Waals surface area contributed by atoms with Crippen LogP contribution in [0.3, 0.4) is 0 Å². The van der Waals surface area contributed by atoms with Crippen molar-refractivity contribution in [3.05, 3.63) is 170 Å². The fraction of sp³-hybridized carbons (Fsp3) is 0. The monoisotopic (exact) mass is 668 g/mol. The van der Waals surface area contributed by atoms with Crippen molar-refractivity contribution >= 4 is 75.3 Å². The predicted molar refractivity (Wildman–Crippen MR) is 214 cm³/mol. The van der Waals surface area contributed by atoms with E-state index in [9.17, 15) is 0 Å². The first-order valence-corrected chi connectivity index (χ1v) is 18.0. The molecule has 4 heterocycles. The van der Waals surface area contributed by atoms with Gasteiger partial charge in [0.2, 0.25) is 5.95 Å². The van der Waals surface area contributed by atoms with Gasteiger partial charge in [0.1, 0.15) is 0 Å². The van der Waals surface area contributed by atoms with Crippen LogP contribution in [0.1, 0.15) is 0 Å². The zero-order valence-electron chi connectivity index (χ0n) is 27.4. The lowest BCUT2D eigenvalue weighted by atomic mass is 10.0. The van der Waals surface area contributed by atoms with Gasteiger partial charge in [-0.05, 0) is 59.2 Å². The number of para-hydroxylation sites is 4. The first kappa shape index (κ1) is 28.3. The number of hydrogen-bond donors (Lipinski definition) is 0. The molecule has 0 aliphatic rings. The van der Waals surface area contributed by atoms with Crippen molar-refractivity contribution in [2.45, 2.75) is 0 Å². The second-order valence-electron chi connectivity index (χ2n) is 13.0. The maximum absolute atomic E-state index is 5.29. The average Bonchev–Trinajstić information content (AvgIpc) is 3.85. The van der Waals surface area contributed by atoms with Crippen LogP contribution in [-0.4, -0.2) is 19.1 Å². The maximum Gasteiger partial charge on any atom is 0.235 e. The Kier molecular flexibility index (Phi) is 6.09. The number of aromatic nitrogens is 4. The summed E-state index contributed by atoms with van der Waals surface area (Å²) < 4.78 is 6.91. The summed E-state index contributed by atoms with van der Waals surface area (Å²) in [4.78, 5) is 10.2. The summed E-state index contributed by atoms with van der Waals surface area (Å²) in [6, 6.07) is 58.8. The van der Waals surface area contributed by atoms with Gasteiger partial charge in [-0.15, -0.1) is 11.3 Å². The van der Waals surface area contributed by atoms with E-state index in [-0.39, 0.29) is 0 Å². The fourth-order valence-electron chi connectivity index (χ4n) is 7.92. The normalized spacial score (nSPS) is 11.9. The average molecular weight is 669 g/mol. The van der Waals surface area contributed by atoms with Crippen molar-refractivity contribution in [2.24, 2.45) is 0 Å². The zero-order chi connectivity index (χ0) is 33.5. The van der Waals surface area contributed by atoms with Gasteiger partial charge in [0.25, 0.3) is 0 Å². The van der Waals surface area contributed by atoms with Crippen LogP contribution in [0.5, 0.6) is 0 Å². The molecule has 5 heteroatoms. The summed E-state index contributed by atoms with van der Waals surface area (Å²) in [5.74, 6) is 0.685. The summed E-state index contributed by atoms with van der Waals surface area (Å²) in [5, 5.41) is 6.03. The second kappa shape index (κ2) is 11.0. The van der Waals surface area contributed by atoms with Crippen molar-refractivity contribution in [3.8, 4) is 33.9 Å². The second-order valence-corrected chi connectivity index (χ2v) is 14.1. The van der Waals surface area contributed by atoms with Crippen LogP contribution in [0.15, 0.2) is 170 Å². The third-order valence-electron chi connectivity index (χ3n) is 10.2. The molecule has 11 aromatic rings. The summed E-state index contributed by atoms with van der Waals surface area (Å²) in [6.07, 6.45) is 1.99. The van der Waals surface area contributed by atoms with E-state index in [2.05, 4.69) is 173 Å². The van der Waals surface area contributed by atoms with Gasteiger partial charge in [0.15, 0.2) is 0 Å². The number of hydrogen-bond acceptors (Lipinski definition) is 3. The quantitative estimate of drug-likeness (QED) is 0.187. The van der Waals surface area contributed by atoms with Crippen molar-refractivity contribution in [1.82, 2.24) is 19.1 Å². The van der Waals surface area contributed by atoms with Crippen LogP contribution in [-0.2, 0) is 0 Å². The van der Waals surface area contributed by atoms with E-state index >= 15 is 0 Å². The lowest BCUT2D eigenvalue weighted by Gasteiger charge is -2.15. The van der Waals surface area contributed by atoms with Crippen LogP contribution in [0, 0.1) is 0 Å². The highest BCUT2D eigenvalue weighted by molar-refractivity contribution is 7.25. The Morgan fingerprint density at radius 2 is 1.02 bits per heavy atom. The Morgan fingerprint density at radius 1 is 0.412 bits per heavy atom. The Bertz CT molecular complexity index is 3090. The molecule has 0 aliphatic heterocycles. The van der Waals surface area contributed by atoms with Crippen LogP contribution in [0.25, 0.3) is 97.8 Å². The number of rotatable bonds is 4. The first-order valence-electron chi connectivity index (χ1n) is 17.2. The molecule has 11 rings (SSSR count). The minimum Gasteiger partial charge on any atom is -0.309 e. The van der Waals surface area contributed by atoms with E-state index in [4.69, 9.17) is 9.97 Å². The highest BCUT2D eigenvalue weighted by Crippen LogP contribution is 2.41. The molecule has 7 aromatic carbocycles. The number of nitrogens with zero attached hydrogens (tertiary/aromatic N) is 4. The summed E-state index contributed by atoms with van der Waals surface area (Å²) in [5.41, 5.74) is 11.5. The van der Waals surface area contributed by atoms with Crippen molar-refractivity contribution in [2.75, 3.05) is 0 Å². The Hall–Kier alpha value is -6.56. The smallest absolute Gasteiger partial charge is 0.235 e. The molecule has 0 saturated heterocycles. The van der Waals surface area contributed by atoms with Gasteiger partial charge in [-0.2, -0.15) is 0 Å². The molecule has 0 fully saturated rings. The zero-order valence-corrected chi connectivity index (χ0v) is 28.2. The molecule has 0 unspecified atom stereocenters. The van der Waals surface area contributed by atoms with Crippen LogP contribution in [0.2, 0.25) is 0 Å². The van der Waals surface area contributed by atoms with E-state index in [0.29, 0.717) is 5.95 Å². The molecular formula is C46H28N4S. The van der Waals surface area contributed by atoms with Crippen LogP contribution in [0.4, 0.5) is 0 Å². The Labute approximate surface area is 297 Å².